The molecule has 0 saturated carbocycles. The van der Waals surface area contributed by atoms with Gasteiger partial charge in [0.05, 0.1) is 18.2 Å². The zero-order chi connectivity index (χ0) is 16.9. The molecule has 0 aliphatic rings. The Morgan fingerprint density at radius 1 is 1.17 bits per heavy atom. The molecule has 24 heavy (non-hydrogen) atoms. The molecule has 3 aromatic rings. The molecule has 3 rings (SSSR count). The summed E-state index contributed by atoms with van der Waals surface area (Å²) in [6.45, 7) is 1.92. The molecule has 0 saturated heterocycles. The normalized spacial score (nSPS) is 11.9. The summed E-state index contributed by atoms with van der Waals surface area (Å²) in [6, 6.07) is 13.6. The third-order valence-corrected chi connectivity index (χ3v) is 3.73. The van der Waals surface area contributed by atoms with Gasteiger partial charge in [-0.3, -0.25) is 4.79 Å². The van der Waals surface area contributed by atoms with E-state index >= 15 is 0 Å². The molecule has 2 aromatic carbocycles. The first-order valence-electron chi connectivity index (χ1n) is 7.60. The smallest absolute Gasteiger partial charge is 0.224 e. The van der Waals surface area contributed by atoms with E-state index in [4.69, 9.17) is 0 Å². The number of halogens is 1. The average molecular weight is 324 g/mol. The summed E-state index contributed by atoms with van der Waals surface area (Å²) in [6.07, 6.45) is 3.33. The van der Waals surface area contributed by atoms with Crippen molar-refractivity contribution >= 4 is 5.91 Å². The molecule has 5 nitrogen and oxygen atoms in total. The number of nitrogens with one attached hydrogen (secondary N) is 1. The van der Waals surface area contributed by atoms with Gasteiger partial charge in [-0.15, -0.1) is 0 Å². The van der Waals surface area contributed by atoms with E-state index in [1.165, 1.54) is 18.5 Å². The highest BCUT2D eigenvalue weighted by Crippen LogP contribution is 2.15. The number of benzene rings is 2. The highest BCUT2D eigenvalue weighted by atomic mass is 19.1. The molecule has 1 aromatic heterocycles. The zero-order valence-corrected chi connectivity index (χ0v) is 13.2. The van der Waals surface area contributed by atoms with Crippen LogP contribution < -0.4 is 5.32 Å². The molecular formula is C18H17FN4O. The van der Waals surface area contributed by atoms with Gasteiger partial charge in [0.25, 0.3) is 0 Å². The summed E-state index contributed by atoms with van der Waals surface area (Å²) in [5.41, 5.74) is 2.68. The van der Waals surface area contributed by atoms with Crippen molar-refractivity contribution in [2.75, 3.05) is 0 Å². The molecule has 0 aliphatic heterocycles. The van der Waals surface area contributed by atoms with Crippen molar-refractivity contribution in [2.24, 2.45) is 0 Å². The molecule has 6 heteroatoms. The van der Waals surface area contributed by atoms with Crippen LogP contribution in [0.25, 0.3) is 5.69 Å². The van der Waals surface area contributed by atoms with Gasteiger partial charge in [-0.2, -0.15) is 5.10 Å². The third-order valence-electron chi connectivity index (χ3n) is 3.73. The minimum absolute atomic E-state index is 0.102. The van der Waals surface area contributed by atoms with E-state index in [1.807, 2.05) is 31.2 Å². The van der Waals surface area contributed by atoms with Crippen LogP contribution >= 0.6 is 0 Å². The number of rotatable bonds is 5. The van der Waals surface area contributed by atoms with Crippen LogP contribution in [0.4, 0.5) is 4.39 Å². The second kappa shape index (κ2) is 7.04. The van der Waals surface area contributed by atoms with Crippen molar-refractivity contribution in [3.63, 3.8) is 0 Å². The van der Waals surface area contributed by atoms with Gasteiger partial charge in [-0.1, -0.05) is 24.3 Å². The minimum Gasteiger partial charge on any atom is -0.349 e. The molecule has 1 unspecified atom stereocenters. The first-order valence-corrected chi connectivity index (χ1v) is 7.60. The molecule has 0 fully saturated rings. The Bertz CT molecular complexity index is 798. The van der Waals surface area contributed by atoms with Crippen LogP contribution in [0.2, 0.25) is 0 Å². The second-order valence-electron chi connectivity index (χ2n) is 5.52. The van der Waals surface area contributed by atoms with Gasteiger partial charge in [0.15, 0.2) is 0 Å². The van der Waals surface area contributed by atoms with Gasteiger partial charge in [0, 0.05) is 0 Å². The van der Waals surface area contributed by atoms with Crippen LogP contribution in [0.3, 0.4) is 0 Å². The fourth-order valence-corrected chi connectivity index (χ4v) is 2.42. The number of hydrogen-bond donors (Lipinski definition) is 1. The highest BCUT2D eigenvalue weighted by Gasteiger charge is 2.10. The summed E-state index contributed by atoms with van der Waals surface area (Å²) in [7, 11) is 0. The molecule has 0 spiro atoms. The Hall–Kier alpha value is -3.02. The second-order valence-corrected chi connectivity index (χ2v) is 5.52. The van der Waals surface area contributed by atoms with Gasteiger partial charge < -0.3 is 5.32 Å². The maximum absolute atomic E-state index is 12.9. The van der Waals surface area contributed by atoms with E-state index in [-0.39, 0.29) is 24.2 Å². The summed E-state index contributed by atoms with van der Waals surface area (Å²) in [5.74, 6) is -0.408. The van der Waals surface area contributed by atoms with E-state index in [0.29, 0.717) is 0 Å². The maximum Gasteiger partial charge on any atom is 0.224 e. The van der Waals surface area contributed by atoms with E-state index in [1.54, 1.807) is 23.1 Å². The zero-order valence-electron chi connectivity index (χ0n) is 13.2. The van der Waals surface area contributed by atoms with Crippen LogP contribution in [0, 0.1) is 5.82 Å². The van der Waals surface area contributed by atoms with Gasteiger partial charge in [-0.05, 0) is 42.3 Å². The van der Waals surface area contributed by atoms with Crippen molar-refractivity contribution in [1.29, 1.82) is 0 Å². The van der Waals surface area contributed by atoms with Gasteiger partial charge in [0.2, 0.25) is 5.91 Å². The number of carbonyl (C=O) groups is 1. The van der Waals surface area contributed by atoms with Crippen molar-refractivity contribution < 1.29 is 9.18 Å². The van der Waals surface area contributed by atoms with Crippen LogP contribution in [0.5, 0.6) is 0 Å². The summed E-state index contributed by atoms with van der Waals surface area (Å²) in [5, 5.41) is 7.02. The van der Waals surface area contributed by atoms with E-state index in [0.717, 1.165) is 16.8 Å². The van der Waals surface area contributed by atoms with Crippen molar-refractivity contribution in [3.05, 3.63) is 78.1 Å². The summed E-state index contributed by atoms with van der Waals surface area (Å²) in [4.78, 5) is 16.0. The average Bonchev–Trinajstić information content (AvgIpc) is 3.11. The number of amides is 1. The molecule has 1 amide bonds. The predicted molar refractivity (Wildman–Crippen MR) is 88.0 cm³/mol. The molecule has 1 heterocycles. The monoisotopic (exact) mass is 324 g/mol. The number of carbonyl (C=O) groups excluding carboxylic acids is 1. The highest BCUT2D eigenvalue weighted by molar-refractivity contribution is 5.79. The molecule has 122 valence electrons. The number of aromatic nitrogens is 3. The largest absolute Gasteiger partial charge is 0.349 e. The lowest BCUT2D eigenvalue weighted by molar-refractivity contribution is -0.121. The van der Waals surface area contributed by atoms with Crippen molar-refractivity contribution in [2.45, 2.75) is 19.4 Å². The van der Waals surface area contributed by atoms with Crippen molar-refractivity contribution in [1.82, 2.24) is 20.1 Å². The van der Waals surface area contributed by atoms with Crippen LogP contribution in [-0.4, -0.2) is 20.7 Å². The SMILES string of the molecule is CC(NC(=O)Cc1ccc(F)cc1)c1ccc(-n2cncn2)cc1. The quantitative estimate of drug-likeness (QED) is 0.785. The van der Waals surface area contributed by atoms with Gasteiger partial charge >= 0.3 is 0 Å². The standard InChI is InChI=1S/C18H17FN4O/c1-13(22-18(24)10-14-2-6-16(19)7-3-14)15-4-8-17(9-5-15)23-12-20-11-21-23/h2-9,11-13H,10H2,1H3,(H,22,24). The van der Waals surface area contributed by atoms with Gasteiger partial charge in [-0.25, -0.2) is 14.1 Å². The first-order chi connectivity index (χ1) is 11.6. The molecule has 0 aliphatic carbocycles. The van der Waals surface area contributed by atoms with E-state index < -0.39 is 0 Å². The lowest BCUT2D eigenvalue weighted by atomic mass is 10.1. The minimum atomic E-state index is -0.306. The number of hydrogen-bond acceptors (Lipinski definition) is 3. The molecule has 0 radical (unpaired) electrons. The molecule has 1 atom stereocenters. The maximum atomic E-state index is 12.9. The van der Waals surface area contributed by atoms with Crippen LogP contribution in [-0.2, 0) is 11.2 Å². The topological polar surface area (TPSA) is 59.8 Å². The molecule has 1 N–H and O–H groups in total. The van der Waals surface area contributed by atoms with E-state index in [9.17, 15) is 9.18 Å². The Labute approximate surface area is 139 Å². The Balaban J connectivity index is 1.60. The van der Waals surface area contributed by atoms with Gasteiger partial charge in [0.1, 0.15) is 18.5 Å². The summed E-state index contributed by atoms with van der Waals surface area (Å²) >= 11 is 0. The Morgan fingerprint density at radius 2 is 1.88 bits per heavy atom. The Kier molecular flexibility index (Phi) is 4.65. The fraction of sp³-hybridized carbons (Fsp3) is 0.167. The number of nitrogens with zero attached hydrogens (tertiary/aromatic N) is 3. The van der Waals surface area contributed by atoms with E-state index in [2.05, 4.69) is 15.4 Å². The lowest BCUT2D eigenvalue weighted by Crippen LogP contribution is -2.28. The predicted octanol–water partition coefficient (Wildman–Crippen LogP) is 2.83. The Morgan fingerprint density at radius 3 is 2.50 bits per heavy atom. The van der Waals surface area contributed by atoms with Crippen LogP contribution in [0.15, 0.2) is 61.2 Å². The lowest BCUT2D eigenvalue weighted by Gasteiger charge is -2.15. The third kappa shape index (κ3) is 3.84. The first kappa shape index (κ1) is 15.9. The van der Waals surface area contributed by atoms with Crippen molar-refractivity contribution in [3.8, 4) is 5.69 Å². The van der Waals surface area contributed by atoms with Crippen LogP contribution in [0.1, 0.15) is 24.1 Å². The fourth-order valence-electron chi connectivity index (χ4n) is 2.42. The molecule has 0 bridgehead atoms. The summed E-state index contributed by atoms with van der Waals surface area (Å²) < 4.78 is 14.5. The molecular weight excluding hydrogens is 307 g/mol.